The second-order valence-corrected chi connectivity index (χ2v) is 10.4. The fraction of sp³-hybridized carbons (Fsp3) is 0.367. The van der Waals surface area contributed by atoms with E-state index in [2.05, 4.69) is 14.5 Å². The van der Waals surface area contributed by atoms with Gasteiger partial charge in [-0.15, -0.1) is 0 Å². The Morgan fingerprint density at radius 1 is 1.10 bits per heavy atom. The zero-order chi connectivity index (χ0) is 27.6. The third-order valence-electron chi connectivity index (χ3n) is 7.83. The summed E-state index contributed by atoms with van der Waals surface area (Å²) in [5.74, 6) is -0.610. The Morgan fingerprint density at radius 2 is 1.90 bits per heavy atom. The van der Waals surface area contributed by atoms with Crippen LogP contribution < -0.4 is 10.9 Å². The second-order valence-electron chi connectivity index (χ2n) is 10.4. The third kappa shape index (κ3) is 6.22. The van der Waals surface area contributed by atoms with Gasteiger partial charge < -0.3 is 25.3 Å². The Morgan fingerprint density at radius 3 is 2.61 bits per heavy atom. The molecule has 1 atom stereocenters. The first-order valence-corrected chi connectivity index (χ1v) is 13.5. The van der Waals surface area contributed by atoms with Gasteiger partial charge in [-0.1, -0.05) is 6.07 Å². The summed E-state index contributed by atoms with van der Waals surface area (Å²) in [4.78, 5) is 23.2. The lowest BCUT2D eigenvalue weighted by Crippen LogP contribution is -2.35. The Kier molecular flexibility index (Phi) is 8.57. The van der Waals surface area contributed by atoms with Crippen LogP contribution in [0.15, 0.2) is 54.7 Å². The molecule has 0 unspecified atom stereocenters. The average Bonchev–Trinajstić information content (AvgIpc) is 3.26. The Balaban J connectivity index is 0.00000337. The van der Waals surface area contributed by atoms with Crippen LogP contribution in [0.3, 0.4) is 0 Å². The highest BCUT2D eigenvalue weighted by molar-refractivity contribution is 5.92. The number of halogens is 2. The van der Waals surface area contributed by atoms with Gasteiger partial charge in [0.05, 0.1) is 35.8 Å². The van der Waals surface area contributed by atoms with Crippen molar-refractivity contribution in [2.75, 3.05) is 19.7 Å². The van der Waals surface area contributed by atoms with E-state index in [0.717, 1.165) is 67.4 Å². The largest absolute Gasteiger partial charge is 0.478 e. The maximum absolute atomic E-state index is 14.1. The van der Waals surface area contributed by atoms with Crippen molar-refractivity contribution in [2.45, 2.75) is 51.0 Å². The van der Waals surface area contributed by atoms with Crippen LogP contribution in [-0.2, 0) is 24.4 Å². The SMILES string of the molecule is N.O=C(O)c1ccc2nc(CN3CCC(c4cccnc4OCc4ccc(F)cc4F)CC3)n(C[C@@H]3CCO3)c2c1. The molecule has 2 aromatic heterocycles. The summed E-state index contributed by atoms with van der Waals surface area (Å²) in [6.07, 6.45) is 4.53. The van der Waals surface area contributed by atoms with Crippen LogP contribution in [0, 0.1) is 11.6 Å². The van der Waals surface area contributed by atoms with E-state index < -0.39 is 17.6 Å². The molecule has 6 rings (SSSR count). The molecule has 216 valence electrons. The van der Waals surface area contributed by atoms with Gasteiger partial charge in [-0.3, -0.25) is 4.90 Å². The number of nitrogens with zero attached hydrogens (tertiary/aromatic N) is 4. The standard InChI is InChI=1S/C30H30F2N4O4.H3N/c31-22-5-3-21(25(32)15-22)18-40-29-24(2-1-10-33-29)19-7-11-35(12-8-19)17-28-34-26-6-4-20(30(37)38)14-27(26)36(28)16-23-9-13-39-23;/h1-6,10,14-15,19,23H,7-9,11-13,16-18H2,(H,37,38);1H3/t23-;/m0./s1. The number of piperidine rings is 1. The van der Waals surface area contributed by atoms with Crippen LogP contribution in [0.4, 0.5) is 8.78 Å². The van der Waals surface area contributed by atoms with Crippen LogP contribution >= 0.6 is 0 Å². The molecular weight excluding hydrogens is 532 g/mol. The number of pyridine rings is 1. The minimum absolute atomic E-state index is 0. The topological polar surface area (TPSA) is 125 Å². The summed E-state index contributed by atoms with van der Waals surface area (Å²) in [5.41, 5.74) is 3.10. The molecule has 0 saturated carbocycles. The molecule has 0 aliphatic carbocycles. The number of ether oxygens (including phenoxy) is 2. The highest BCUT2D eigenvalue weighted by atomic mass is 19.1. The number of hydrogen-bond acceptors (Lipinski definition) is 7. The number of rotatable bonds is 9. The van der Waals surface area contributed by atoms with Gasteiger partial charge in [-0.25, -0.2) is 23.5 Å². The number of likely N-dealkylation sites (tertiary alicyclic amines) is 1. The predicted molar refractivity (Wildman–Crippen MR) is 148 cm³/mol. The number of aromatic nitrogens is 3. The fourth-order valence-electron chi connectivity index (χ4n) is 5.48. The zero-order valence-electron chi connectivity index (χ0n) is 22.6. The quantitative estimate of drug-likeness (QED) is 0.280. The van der Waals surface area contributed by atoms with E-state index in [-0.39, 0.29) is 35.9 Å². The first-order valence-electron chi connectivity index (χ1n) is 13.5. The summed E-state index contributed by atoms with van der Waals surface area (Å²) >= 11 is 0. The number of fused-ring (bicyclic) bond motifs is 1. The molecule has 0 amide bonds. The smallest absolute Gasteiger partial charge is 0.335 e. The summed E-state index contributed by atoms with van der Waals surface area (Å²) in [6.45, 7) is 3.70. The van der Waals surface area contributed by atoms with Crippen molar-refractivity contribution in [3.05, 3.63) is 88.9 Å². The Bertz CT molecular complexity index is 1530. The predicted octanol–water partition coefficient (Wildman–Crippen LogP) is 5.32. The van der Waals surface area contributed by atoms with Crippen LogP contribution in [0.5, 0.6) is 5.88 Å². The van der Waals surface area contributed by atoms with Gasteiger partial charge in [0.25, 0.3) is 0 Å². The molecule has 11 heteroatoms. The summed E-state index contributed by atoms with van der Waals surface area (Å²) < 4.78 is 41.0. The molecule has 2 aromatic carbocycles. The summed E-state index contributed by atoms with van der Waals surface area (Å²) in [6, 6.07) is 12.4. The number of imidazole rings is 1. The number of hydrogen-bond donors (Lipinski definition) is 2. The molecule has 0 bridgehead atoms. The van der Waals surface area contributed by atoms with Crippen molar-refractivity contribution in [1.29, 1.82) is 0 Å². The second kappa shape index (κ2) is 12.3. The molecule has 2 aliphatic rings. The zero-order valence-corrected chi connectivity index (χ0v) is 22.6. The van der Waals surface area contributed by atoms with E-state index >= 15 is 0 Å². The molecule has 0 spiro atoms. The Hall–Kier alpha value is -3.93. The summed E-state index contributed by atoms with van der Waals surface area (Å²) in [7, 11) is 0. The first kappa shape index (κ1) is 28.6. The van der Waals surface area contributed by atoms with Gasteiger partial charge in [-0.2, -0.15) is 0 Å². The molecule has 2 fully saturated rings. The van der Waals surface area contributed by atoms with Crippen molar-refractivity contribution in [3.63, 3.8) is 0 Å². The summed E-state index contributed by atoms with van der Waals surface area (Å²) in [5, 5.41) is 9.49. The Labute approximate surface area is 236 Å². The van der Waals surface area contributed by atoms with Gasteiger partial charge in [-0.05, 0) is 74.7 Å². The minimum atomic E-state index is -0.959. The van der Waals surface area contributed by atoms with Crippen molar-refractivity contribution in [2.24, 2.45) is 0 Å². The van der Waals surface area contributed by atoms with Crippen molar-refractivity contribution in [1.82, 2.24) is 25.6 Å². The molecule has 41 heavy (non-hydrogen) atoms. The van der Waals surface area contributed by atoms with Crippen LogP contribution in [-0.4, -0.2) is 56.3 Å². The van der Waals surface area contributed by atoms with E-state index in [1.54, 1.807) is 24.4 Å². The number of carbonyl (C=O) groups is 1. The number of benzene rings is 2. The molecule has 4 N–H and O–H groups in total. The van der Waals surface area contributed by atoms with Gasteiger partial charge in [0.15, 0.2) is 0 Å². The van der Waals surface area contributed by atoms with Gasteiger partial charge >= 0.3 is 5.97 Å². The first-order chi connectivity index (χ1) is 19.4. The van der Waals surface area contributed by atoms with E-state index in [0.29, 0.717) is 19.0 Å². The van der Waals surface area contributed by atoms with E-state index in [1.807, 2.05) is 12.1 Å². The minimum Gasteiger partial charge on any atom is -0.478 e. The monoisotopic (exact) mass is 565 g/mol. The lowest BCUT2D eigenvalue weighted by Gasteiger charge is -2.33. The highest BCUT2D eigenvalue weighted by Crippen LogP contribution is 2.34. The maximum atomic E-state index is 14.1. The maximum Gasteiger partial charge on any atom is 0.335 e. The van der Waals surface area contributed by atoms with Gasteiger partial charge in [0.1, 0.15) is 24.1 Å². The molecular formula is C30H33F2N5O4. The van der Waals surface area contributed by atoms with E-state index in [1.165, 1.54) is 12.1 Å². The molecule has 2 aliphatic heterocycles. The van der Waals surface area contributed by atoms with Gasteiger partial charge in [0.2, 0.25) is 5.88 Å². The number of carboxylic acids is 1. The van der Waals surface area contributed by atoms with E-state index in [4.69, 9.17) is 14.5 Å². The number of aromatic carboxylic acids is 1. The van der Waals surface area contributed by atoms with Gasteiger partial charge in [0, 0.05) is 30.0 Å². The highest BCUT2D eigenvalue weighted by Gasteiger charge is 2.27. The van der Waals surface area contributed by atoms with Crippen molar-refractivity contribution >= 4 is 17.0 Å². The van der Waals surface area contributed by atoms with Crippen molar-refractivity contribution < 1.29 is 28.2 Å². The lowest BCUT2D eigenvalue weighted by molar-refractivity contribution is -0.0592. The fourth-order valence-corrected chi connectivity index (χ4v) is 5.48. The normalized spacial score (nSPS) is 17.7. The molecule has 4 heterocycles. The van der Waals surface area contributed by atoms with E-state index in [9.17, 15) is 18.7 Å². The molecule has 2 saturated heterocycles. The lowest BCUT2D eigenvalue weighted by atomic mass is 9.90. The van der Waals surface area contributed by atoms with Crippen LogP contribution in [0.2, 0.25) is 0 Å². The number of carboxylic acid groups (broad SMARTS) is 1. The van der Waals surface area contributed by atoms with Crippen molar-refractivity contribution in [3.8, 4) is 5.88 Å². The average molecular weight is 566 g/mol. The molecule has 4 aromatic rings. The van der Waals surface area contributed by atoms with Crippen LogP contribution in [0.25, 0.3) is 11.0 Å². The third-order valence-corrected chi connectivity index (χ3v) is 7.83. The molecule has 9 nitrogen and oxygen atoms in total. The van der Waals surface area contributed by atoms with Crippen LogP contribution in [0.1, 0.15) is 52.5 Å². The molecule has 0 radical (unpaired) electrons.